The summed E-state index contributed by atoms with van der Waals surface area (Å²) in [4.78, 5) is 24.5. The maximum atomic E-state index is 12.5. The molecule has 4 aliphatic rings. The maximum Gasteiger partial charge on any atom is 0.178 e. The summed E-state index contributed by atoms with van der Waals surface area (Å²) < 4.78 is 25.0. The van der Waals surface area contributed by atoms with E-state index in [9.17, 15) is 14.7 Å². The van der Waals surface area contributed by atoms with Crippen molar-refractivity contribution < 1.29 is 18.8 Å². The van der Waals surface area contributed by atoms with E-state index in [4.69, 9.17) is 4.11 Å². The fraction of sp³-hybridized carbons (Fsp3) is 0.600. The van der Waals surface area contributed by atoms with E-state index in [1.165, 1.54) is 12.2 Å². The van der Waals surface area contributed by atoms with Gasteiger partial charge >= 0.3 is 0 Å². The summed E-state index contributed by atoms with van der Waals surface area (Å²) in [5.74, 6) is -0.127. The van der Waals surface area contributed by atoms with Crippen LogP contribution < -0.4 is 0 Å². The van der Waals surface area contributed by atoms with Crippen LogP contribution in [-0.4, -0.2) is 23.3 Å². The van der Waals surface area contributed by atoms with Gasteiger partial charge in [-0.25, -0.2) is 0 Å². The molecule has 4 aliphatic carbocycles. The molecular formula is C20H24O3. The quantitative estimate of drug-likeness (QED) is 0.809. The first-order chi connectivity index (χ1) is 12.1. The molecule has 0 heterocycles. The molecule has 0 unspecified atom stereocenters. The second-order valence-electron chi connectivity index (χ2n) is 7.72. The normalized spacial score (nSPS) is 47.6. The van der Waals surface area contributed by atoms with E-state index in [0.29, 0.717) is 30.4 Å². The highest BCUT2D eigenvalue weighted by atomic mass is 16.3. The SMILES string of the molecule is [2H]C([2H])([2H])[C@]12C=CC(=O)C=C1C(CO)=C[C@H]1[C@@H]3CCC(=O)[C@@]3(C)CC[C@@H]12. The lowest BCUT2D eigenvalue weighted by atomic mass is 9.49. The van der Waals surface area contributed by atoms with Crippen molar-refractivity contribution in [3.63, 3.8) is 0 Å². The predicted octanol–water partition coefficient (Wildman–Crippen LogP) is 3.00. The molecule has 2 saturated carbocycles. The number of carbonyl (C=O) groups excluding carboxylic acids is 2. The molecule has 0 aromatic heterocycles. The molecule has 3 nitrogen and oxygen atoms in total. The predicted molar refractivity (Wildman–Crippen MR) is 87.6 cm³/mol. The minimum Gasteiger partial charge on any atom is -0.392 e. The Kier molecular flexibility index (Phi) is 2.48. The summed E-state index contributed by atoms with van der Waals surface area (Å²) in [5, 5.41) is 9.95. The topological polar surface area (TPSA) is 54.4 Å². The third-order valence-corrected chi connectivity index (χ3v) is 6.78. The Labute approximate surface area is 141 Å². The second kappa shape index (κ2) is 4.76. The summed E-state index contributed by atoms with van der Waals surface area (Å²) in [5.41, 5.74) is -0.681. The number of aliphatic hydroxyl groups is 1. The Morgan fingerprint density at radius 2 is 2.17 bits per heavy atom. The first kappa shape index (κ1) is 12.0. The van der Waals surface area contributed by atoms with Crippen molar-refractivity contribution in [3.8, 4) is 0 Å². The lowest BCUT2D eigenvalue weighted by Crippen LogP contribution is -2.49. The van der Waals surface area contributed by atoms with Crippen molar-refractivity contribution in [1.29, 1.82) is 0 Å². The van der Waals surface area contributed by atoms with Gasteiger partial charge in [-0.2, -0.15) is 0 Å². The molecule has 0 spiro atoms. The maximum absolute atomic E-state index is 12.5. The number of carbonyl (C=O) groups is 2. The van der Waals surface area contributed by atoms with E-state index in [1.54, 1.807) is 6.08 Å². The van der Waals surface area contributed by atoms with Gasteiger partial charge in [0.15, 0.2) is 5.78 Å². The van der Waals surface area contributed by atoms with Crippen LogP contribution in [0.5, 0.6) is 0 Å². The number of hydrogen-bond acceptors (Lipinski definition) is 3. The minimum atomic E-state index is -2.33. The number of fused-ring (bicyclic) bond motifs is 5. The zero-order valence-electron chi connectivity index (χ0n) is 16.3. The summed E-state index contributed by atoms with van der Waals surface area (Å²) in [6, 6.07) is 0. The smallest absolute Gasteiger partial charge is 0.178 e. The molecule has 4 rings (SSSR count). The van der Waals surface area contributed by atoms with Crippen LogP contribution in [0.1, 0.15) is 43.6 Å². The Morgan fingerprint density at radius 3 is 2.91 bits per heavy atom. The first-order valence-corrected chi connectivity index (χ1v) is 8.46. The van der Waals surface area contributed by atoms with E-state index < -0.39 is 17.7 Å². The van der Waals surface area contributed by atoms with E-state index in [0.717, 1.165) is 6.42 Å². The van der Waals surface area contributed by atoms with Crippen LogP contribution in [0, 0.1) is 28.6 Å². The summed E-state index contributed by atoms with van der Waals surface area (Å²) >= 11 is 0. The van der Waals surface area contributed by atoms with Gasteiger partial charge in [0.05, 0.1) is 6.61 Å². The lowest BCUT2D eigenvalue weighted by Gasteiger charge is -2.54. The van der Waals surface area contributed by atoms with Gasteiger partial charge in [-0.1, -0.05) is 25.9 Å². The minimum absolute atomic E-state index is 0.0715. The molecule has 23 heavy (non-hydrogen) atoms. The molecule has 2 fully saturated rings. The molecule has 0 aliphatic heterocycles. The van der Waals surface area contributed by atoms with Crippen LogP contribution in [0.3, 0.4) is 0 Å². The van der Waals surface area contributed by atoms with Gasteiger partial charge in [-0.3, -0.25) is 9.59 Å². The fourth-order valence-electron chi connectivity index (χ4n) is 5.49. The zero-order chi connectivity index (χ0) is 18.9. The van der Waals surface area contributed by atoms with Gasteiger partial charge in [0.1, 0.15) is 5.78 Å². The van der Waals surface area contributed by atoms with Crippen LogP contribution in [-0.2, 0) is 9.59 Å². The molecule has 0 aromatic carbocycles. The van der Waals surface area contributed by atoms with Crippen molar-refractivity contribution in [2.45, 2.75) is 39.5 Å². The molecule has 0 saturated heterocycles. The van der Waals surface area contributed by atoms with Gasteiger partial charge in [-0.05, 0) is 60.3 Å². The number of aliphatic hydroxyl groups excluding tert-OH is 1. The van der Waals surface area contributed by atoms with Crippen molar-refractivity contribution >= 4 is 11.6 Å². The van der Waals surface area contributed by atoms with Crippen molar-refractivity contribution in [3.05, 3.63) is 35.5 Å². The number of rotatable bonds is 1. The summed E-state index contributed by atoms with van der Waals surface area (Å²) in [7, 11) is 0. The highest BCUT2D eigenvalue weighted by Crippen LogP contribution is 2.62. The van der Waals surface area contributed by atoms with Gasteiger partial charge in [0.25, 0.3) is 0 Å². The third-order valence-electron chi connectivity index (χ3n) is 6.78. The number of hydrogen-bond donors (Lipinski definition) is 1. The molecule has 122 valence electrons. The van der Waals surface area contributed by atoms with E-state index in [-0.39, 0.29) is 35.9 Å². The molecule has 0 aromatic rings. The van der Waals surface area contributed by atoms with Gasteiger partial charge in [0.2, 0.25) is 0 Å². The van der Waals surface area contributed by atoms with Crippen molar-refractivity contribution in [2.24, 2.45) is 28.6 Å². The standard InChI is InChI=1S/C20H24O3/c1-19-7-5-13(22)10-17(19)12(11-21)9-14-15-3-4-18(23)20(15,2)8-6-16(14)19/h5,7,9-10,14-16,21H,3-4,6,8,11H2,1-2H3/t14-,15-,16-,19+,20-/m0/s1/i1D3. The fourth-order valence-corrected chi connectivity index (χ4v) is 5.49. The monoisotopic (exact) mass is 315 g/mol. The van der Waals surface area contributed by atoms with Crippen molar-refractivity contribution in [2.75, 3.05) is 6.61 Å². The van der Waals surface area contributed by atoms with Crippen LogP contribution in [0.15, 0.2) is 35.5 Å². The second-order valence-corrected chi connectivity index (χ2v) is 7.72. The van der Waals surface area contributed by atoms with Gasteiger partial charge < -0.3 is 5.11 Å². The van der Waals surface area contributed by atoms with Gasteiger partial charge in [0, 0.05) is 21.4 Å². The summed E-state index contributed by atoms with van der Waals surface area (Å²) in [6.07, 6.45) is 8.92. The number of ketones is 2. The molecule has 0 amide bonds. The molecule has 5 atom stereocenters. The number of allylic oxidation sites excluding steroid dienone is 4. The molecule has 0 radical (unpaired) electrons. The highest BCUT2D eigenvalue weighted by molar-refractivity contribution is 6.02. The van der Waals surface area contributed by atoms with Crippen LogP contribution in [0.4, 0.5) is 0 Å². The Morgan fingerprint density at radius 1 is 1.35 bits per heavy atom. The van der Waals surface area contributed by atoms with E-state index in [2.05, 4.69) is 0 Å². The van der Waals surface area contributed by atoms with Gasteiger partial charge in [-0.15, -0.1) is 0 Å². The highest BCUT2D eigenvalue weighted by Gasteiger charge is 2.58. The largest absolute Gasteiger partial charge is 0.392 e. The Balaban J connectivity index is 1.93. The Bertz CT molecular complexity index is 776. The Hall–Kier alpha value is -1.48. The lowest BCUT2D eigenvalue weighted by molar-refractivity contribution is -0.130. The molecule has 0 bridgehead atoms. The van der Waals surface area contributed by atoms with Crippen molar-refractivity contribution in [1.82, 2.24) is 0 Å². The molecular weight excluding hydrogens is 288 g/mol. The molecule has 3 heteroatoms. The molecule has 1 N–H and O–H groups in total. The van der Waals surface area contributed by atoms with E-state index >= 15 is 0 Å². The average molecular weight is 315 g/mol. The van der Waals surface area contributed by atoms with Crippen LogP contribution >= 0.6 is 0 Å². The average Bonchev–Trinajstić information content (AvgIpc) is 2.88. The van der Waals surface area contributed by atoms with Crippen LogP contribution in [0.25, 0.3) is 0 Å². The third kappa shape index (κ3) is 1.86. The number of Topliss-reactive ketones (excluding diaryl/α,β-unsaturated/α-hetero) is 1. The van der Waals surface area contributed by atoms with Crippen LogP contribution in [0.2, 0.25) is 0 Å². The zero-order valence-corrected chi connectivity index (χ0v) is 13.3. The van der Waals surface area contributed by atoms with E-state index in [1.807, 2.05) is 13.0 Å². The first-order valence-electron chi connectivity index (χ1n) is 9.96. The summed E-state index contributed by atoms with van der Waals surface area (Å²) in [6.45, 7) is -0.612.